The lowest BCUT2D eigenvalue weighted by atomic mass is 10.1. The van der Waals surface area contributed by atoms with Gasteiger partial charge in [0.2, 0.25) is 0 Å². The maximum absolute atomic E-state index is 12.6. The lowest BCUT2D eigenvalue weighted by Gasteiger charge is -2.14. The van der Waals surface area contributed by atoms with Crippen molar-refractivity contribution in [3.05, 3.63) is 57.9 Å². The van der Waals surface area contributed by atoms with Crippen LogP contribution in [0.3, 0.4) is 0 Å². The van der Waals surface area contributed by atoms with E-state index in [4.69, 9.17) is 0 Å². The molecule has 0 unspecified atom stereocenters. The molecule has 0 bridgehead atoms. The summed E-state index contributed by atoms with van der Waals surface area (Å²) in [6.07, 6.45) is 3.33. The van der Waals surface area contributed by atoms with Crippen molar-refractivity contribution in [1.82, 2.24) is 4.57 Å². The van der Waals surface area contributed by atoms with Crippen LogP contribution in [0.5, 0.6) is 0 Å². The minimum atomic E-state index is 0.0965. The third kappa shape index (κ3) is 3.79. The molecule has 2 nitrogen and oxygen atoms in total. The Labute approximate surface area is 132 Å². The van der Waals surface area contributed by atoms with Gasteiger partial charge in [0.05, 0.1) is 5.69 Å². The molecule has 1 aromatic heterocycles. The fourth-order valence-corrected chi connectivity index (χ4v) is 2.70. The molecule has 21 heavy (non-hydrogen) atoms. The van der Waals surface area contributed by atoms with E-state index in [-0.39, 0.29) is 5.56 Å². The zero-order valence-corrected chi connectivity index (χ0v) is 13.7. The number of hydrogen-bond donors (Lipinski definition) is 1. The van der Waals surface area contributed by atoms with Crippen LogP contribution in [0.1, 0.15) is 37.3 Å². The highest BCUT2D eigenvalue weighted by atomic mass is 32.1. The molecule has 0 fully saturated rings. The van der Waals surface area contributed by atoms with Gasteiger partial charge in [-0.2, -0.15) is 12.6 Å². The van der Waals surface area contributed by atoms with Crippen LogP contribution in [0.4, 0.5) is 0 Å². The van der Waals surface area contributed by atoms with Gasteiger partial charge in [-0.3, -0.25) is 4.79 Å². The van der Waals surface area contributed by atoms with E-state index in [9.17, 15) is 4.79 Å². The Hall–Kier alpha value is -1.48. The van der Waals surface area contributed by atoms with Gasteiger partial charge in [-0.05, 0) is 25.0 Å². The third-order valence-corrected chi connectivity index (χ3v) is 4.10. The molecule has 0 amide bonds. The normalized spacial score (nSPS) is 10.8. The highest BCUT2D eigenvalue weighted by Gasteiger charge is 2.09. The largest absolute Gasteiger partial charge is 0.308 e. The Morgan fingerprint density at radius 1 is 1.05 bits per heavy atom. The van der Waals surface area contributed by atoms with Crippen molar-refractivity contribution in [3.8, 4) is 11.3 Å². The summed E-state index contributed by atoms with van der Waals surface area (Å²) in [5.74, 6) is 0.487. The molecule has 0 aliphatic rings. The van der Waals surface area contributed by atoms with Gasteiger partial charge in [0.25, 0.3) is 5.56 Å². The van der Waals surface area contributed by atoms with E-state index in [1.54, 1.807) is 0 Å². The quantitative estimate of drug-likeness (QED) is 0.618. The second-order valence-electron chi connectivity index (χ2n) is 5.43. The Morgan fingerprint density at radius 3 is 2.38 bits per heavy atom. The molecule has 0 N–H and O–H groups in total. The van der Waals surface area contributed by atoms with Gasteiger partial charge in [0.15, 0.2) is 0 Å². The maximum Gasteiger partial charge on any atom is 0.255 e. The Morgan fingerprint density at radius 2 is 1.76 bits per heavy atom. The number of hydrogen-bond acceptors (Lipinski definition) is 2. The SMILES string of the molecule is CCCCCn1c(-c2ccc(C)cc2)ccc(CS)c1=O. The average molecular weight is 301 g/mol. The number of unbranched alkanes of at least 4 members (excludes halogenated alkanes) is 2. The molecule has 1 aromatic carbocycles. The van der Waals surface area contributed by atoms with Crippen LogP contribution < -0.4 is 5.56 Å². The van der Waals surface area contributed by atoms with Gasteiger partial charge >= 0.3 is 0 Å². The van der Waals surface area contributed by atoms with Crippen LogP contribution >= 0.6 is 12.6 Å². The number of thiol groups is 1. The van der Waals surface area contributed by atoms with Crippen molar-refractivity contribution in [2.75, 3.05) is 0 Å². The van der Waals surface area contributed by atoms with Gasteiger partial charge in [0, 0.05) is 17.9 Å². The lowest BCUT2D eigenvalue weighted by Crippen LogP contribution is -2.24. The monoisotopic (exact) mass is 301 g/mol. The first kappa shape index (κ1) is 15.9. The molecule has 0 aliphatic heterocycles. The van der Waals surface area contributed by atoms with Crippen LogP contribution in [-0.2, 0) is 12.3 Å². The van der Waals surface area contributed by atoms with Crippen molar-refractivity contribution in [3.63, 3.8) is 0 Å². The molecule has 112 valence electrons. The minimum Gasteiger partial charge on any atom is -0.308 e. The van der Waals surface area contributed by atoms with E-state index < -0.39 is 0 Å². The smallest absolute Gasteiger partial charge is 0.255 e. The van der Waals surface area contributed by atoms with Crippen LogP contribution in [-0.4, -0.2) is 4.57 Å². The standard InChI is InChI=1S/C18H23NOS/c1-3-4-5-12-19-17(11-10-16(13-21)18(19)20)15-8-6-14(2)7-9-15/h6-11,21H,3-5,12-13H2,1-2H3. The molecule has 3 heteroatoms. The number of aromatic nitrogens is 1. The molecule has 1 heterocycles. The summed E-state index contributed by atoms with van der Waals surface area (Å²) in [4.78, 5) is 12.6. The van der Waals surface area contributed by atoms with Crippen molar-refractivity contribution in [2.24, 2.45) is 0 Å². The van der Waals surface area contributed by atoms with Gasteiger partial charge in [-0.1, -0.05) is 55.7 Å². The first-order valence-corrected chi connectivity index (χ1v) is 8.21. The Balaban J connectivity index is 2.46. The maximum atomic E-state index is 12.6. The molecule has 0 saturated carbocycles. The summed E-state index contributed by atoms with van der Waals surface area (Å²) in [5, 5.41) is 0. The van der Waals surface area contributed by atoms with Crippen LogP contribution in [0.2, 0.25) is 0 Å². The van der Waals surface area contributed by atoms with Crippen LogP contribution in [0.15, 0.2) is 41.2 Å². The number of pyridine rings is 1. The molecule has 0 spiro atoms. The lowest BCUT2D eigenvalue weighted by molar-refractivity contribution is 0.590. The van der Waals surface area contributed by atoms with E-state index in [2.05, 4.69) is 50.7 Å². The summed E-state index contributed by atoms with van der Waals surface area (Å²) >= 11 is 4.26. The first-order valence-electron chi connectivity index (χ1n) is 7.58. The van der Waals surface area contributed by atoms with Crippen LogP contribution in [0.25, 0.3) is 11.3 Å². The predicted octanol–water partition coefficient (Wildman–Crippen LogP) is 4.44. The molecular formula is C18H23NOS. The van der Waals surface area contributed by atoms with Gasteiger partial charge in [-0.15, -0.1) is 0 Å². The van der Waals surface area contributed by atoms with Crippen LogP contribution in [0, 0.1) is 6.92 Å². The molecular weight excluding hydrogens is 278 g/mol. The highest BCUT2D eigenvalue weighted by molar-refractivity contribution is 7.79. The molecule has 0 saturated heterocycles. The van der Waals surface area contributed by atoms with Crippen molar-refractivity contribution in [1.29, 1.82) is 0 Å². The summed E-state index contributed by atoms with van der Waals surface area (Å²) in [7, 11) is 0. The summed E-state index contributed by atoms with van der Waals surface area (Å²) in [6.45, 7) is 5.02. The number of nitrogens with zero attached hydrogens (tertiary/aromatic N) is 1. The van der Waals surface area contributed by atoms with Crippen molar-refractivity contribution < 1.29 is 0 Å². The van der Waals surface area contributed by atoms with Crippen molar-refractivity contribution in [2.45, 2.75) is 45.4 Å². The third-order valence-electron chi connectivity index (χ3n) is 3.76. The summed E-state index contributed by atoms with van der Waals surface area (Å²) < 4.78 is 1.91. The van der Waals surface area contributed by atoms with Gasteiger partial charge in [0.1, 0.15) is 0 Å². The minimum absolute atomic E-state index is 0.0965. The topological polar surface area (TPSA) is 22.0 Å². The van der Waals surface area contributed by atoms with Crippen molar-refractivity contribution >= 4 is 12.6 Å². The second kappa shape index (κ2) is 7.51. The van der Waals surface area contributed by atoms with E-state index in [0.717, 1.165) is 42.6 Å². The van der Waals surface area contributed by atoms with E-state index in [1.807, 2.05) is 16.7 Å². The Kier molecular flexibility index (Phi) is 5.68. The molecule has 0 atom stereocenters. The second-order valence-corrected chi connectivity index (χ2v) is 5.75. The zero-order valence-electron chi connectivity index (χ0n) is 12.8. The predicted molar refractivity (Wildman–Crippen MR) is 93.1 cm³/mol. The average Bonchev–Trinajstić information content (AvgIpc) is 2.50. The first-order chi connectivity index (χ1) is 10.2. The molecule has 2 aromatic rings. The molecule has 0 radical (unpaired) electrons. The van der Waals surface area contributed by atoms with E-state index in [0.29, 0.717) is 5.75 Å². The number of rotatable bonds is 6. The van der Waals surface area contributed by atoms with Gasteiger partial charge in [-0.25, -0.2) is 0 Å². The fraction of sp³-hybridized carbons (Fsp3) is 0.389. The fourth-order valence-electron chi connectivity index (χ4n) is 2.46. The zero-order chi connectivity index (χ0) is 15.2. The number of aryl methyl sites for hydroxylation is 1. The summed E-state index contributed by atoms with van der Waals surface area (Å²) in [6, 6.07) is 12.3. The molecule has 2 rings (SSSR count). The number of benzene rings is 1. The van der Waals surface area contributed by atoms with E-state index >= 15 is 0 Å². The van der Waals surface area contributed by atoms with Gasteiger partial charge < -0.3 is 4.57 Å². The Bertz CT molecular complexity index is 643. The highest BCUT2D eigenvalue weighted by Crippen LogP contribution is 2.20. The van der Waals surface area contributed by atoms with E-state index in [1.165, 1.54) is 5.56 Å². The summed E-state index contributed by atoms with van der Waals surface area (Å²) in [5.41, 5.74) is 4.19. The molecule has 0 aliphatic carbocycles.